The molecule has 3 aromatic carbocycles. The van der Waals surface area contributed by atoms with E-state index in [4.69, 9.17) is 4.74 Å². The summed E-state index contributed by atoms with van der Waals surface area (Å²) >= 11 is 0. The predicted octanol–water partition coefficient (Wildman–Crippen LogP) is 7.32. The van der Waals surface area contributed by atoms with Gasteiger partial charge in [-0.2, -0.15) is 0 Å². The zero-order chi connectivity index (χ0) is 21.4. The molecule has 0 saturated carbocycles. The van der Waals surface area contributed by atoms with Gasteiger partial charge in [-0.25, -0.2) is 4.57 Å². The van der Waals surface area contributed by atoms with E-state index in [1.165, 1.54) is 49.5 Å². The van der Waals surface area contributed by atoms with Crippen LogP contribution in [0.3, 0.4) is 0 Å². The molecule has 1 aliphatic rings. The lowest BCUT2D eigenvalue weighted by Gasteiger charge is -2.28. The highest BCUT2D eigenvalue weighted by Gasteiger charge is 2.34. The van der Waals surface area contributed by atoms with E-state index in [1.54, 1.807) is 0 Å². The van der Waals surface area contributed by atoms with E-state index in [2.05, 4.69) is 102 Å². The number of hydrogen-bond donors (Lipinski definition) is 0. The average Bonchev–Trinajstić information content (AvgIpc) is 2.69. The molecule has 0 amide bonds. The second kappa shape index (κ2) is 6.31. The largest absolute Gasteiger partial charge is 0.455 e. The second-order valence-electron chi connectivity index (χ2n) is 10.0. The minimum Gasteiger partial charge on any atom is -0.455 e. The van der Waals surface area contributed by atoms with Crippen LogP contribution in [0.25, 0.3) is 32.8 Å². The molecule has 0 bridgehead atoms. The van der Waals surface area contributed by atoms with Gasteiger partial charge in [-0.3, -0.25) is 0 Å². The van der Waals surface area contributed by atoms with Crippen molar-refractivity contribution < 1.29 is 9.30 Å². The molecular formula is C28H30NO+. The summed E-state index contributed by atoms with van der Waals surface area (Å²) in [7, 11) is 2.15. The molecule has 0 fully saturated rings. The van der Waals surface area contributed by atoms with Crippen LogP contribution in [0.4, 0.5) is 0 Å². The monoisotopic (exact) mass is 396 g/mol. The van der Waals surface area contributed by atoms with Crippen molar-refractivity contribution >= 4 is 21.5 Å². The van der Waals surface area contributed by atoms with Crippen LogP contribution in [0.15, 0.2) is 48.7 Å². The lowest BCUT2D eigenvalue weighted by atomic mass is 9.83. The Labute approximate surface area is 179 Å². The van der Waals surface area contributed by atoms with Crippen LogP contribution in [-0.2, 0) is 12.5 Å². The normalized spacial score (nSPS) is 13.1. The Balaban J connectivity index is 1.99. The van der Waals surface area contributed by atoms with E-state index in [0.29, 0.717) is 5.92 Å². The van der Waals surface area contributed by atoms with Gasteiger partial charge in [0.25, 0.3) is 0 Å². The van der Waals surface area contributed by atoms with Gasteiger partial charge in [0, 0.05) is 11.6 Å². The van der Waals surface area contributed by atoms with E-state index in [9.17, 15) is 0 Å². The fraction of sp³-hybridized carbons (Fsp3) is 0.321. The van der Waals surface area contributed by atoms with Crippen molar-refractivity contribution in [1.29, 1.82) is 0 Å². The zero-order valence-corrected chi connectivity index (χ0v) is 19.1. The van der Waals surface area contributed by atoms with Crippen molar-refractivity contribution in [2.45, 2.75) is 52.9 Å². The Kier molecular flexibility index (Phi) is 4.02. The minimum atomic E-state index is 0.0622. The third-order valence-electron chi connectivity index (χ3n) is 6.56. The maximum atomic E-state index is 6.81. The predicted molar refractivity (Wildman–Crippen MR) is 126 cm³/mol. The molecular weight excluding hydrogens is 366 g/mol. The molecule has 30 heavy (non-hydrogen) atoms. The van der Waals surface area contributed by atoms with E-state index in [1.807, 2.05) is 0 Å². The number of aromatic nitrogens is 1. The van der Waals surface area contributed by atoms with Crippen molar-refractivity contribution in [1.82, 2.24) is 0 Å². The molecule has 152 valence electrons. The Hall–Kier alpha value is -2.87. The van der Waals surface area contributed by atoms with Crippen molar-refractivity contribution in [3.05, 3.63) is 65.4 Å². The Bertz CT molecular complexity index is 1340. The van der Waals surface area contributed by atoms with Crippen molar-refractivity contribution in [3.8, 4) is 22.8 Å². The topological polar surface area (TPSA) is 13.1 Å². The molecule has 0 saturated heterocycles. The van der Waals surface area contributed by atoms with Gasteiger partial charge in [-0.15, -0.1) is 0 Å². The van der Waals surface area contributed by atoms with Gasteiger partial charge in [0.05, 0.1) is 10.9 Å². The van der Waals surface area contributed by atoms with Crippen LogP contribution in [-0.4, -0.2) is 0 Å². The molecule has 2 heterocycles. The Morgan fingerprint density at radius 2 is 1.67 bits per heavy atom. The molecule has 0 N–H and O–H groups in total. The molecule has 5 rings (SSSR count). The summed E-state index contributed by atoms with van der Waals surface area (Å²) in [6, 6.07) is 15.6. The SMILES string of the molecule is Cc1c2c(c(C(C)C)c3ccccc13)Oc1cc(C(C)(C)C)cc3cc[n+](C)c-2c13. The van der Waals surface area contributed by atoms with E-state index in [-0.39, 0.29) is 5.41 Å². The van der Waals surface area contributed by atoms with E-state index >= 15 is 0 Å². The lowest BCUT2D eigenvalue weighted by Crippen LogP contribution is -2.32. The zero-order valence-electron chi connectivity index (χ0n) is 19.1. The number of fused-ring (bicyclic) bond motifs is 3. The van der Waals surface area contributed by atoms with E-state index in [0.717, 1.165) is 11.5 Å². The van der Waals surface area contributed by atoms with Crippen LogP contribution in [0.2, 0.25) is 0 Å². The smallest absolute Gasteiger partial charge is 0.228 e. The van der Waals surface area contributed by atoms with Gasteiger partial charge in [0.15, 0.2) is 6.20 Å². The van der Waals surface area contributed by atoms with E-state index < -0.39 is 0 Å². The van der Waals surface area contributed by atoms with Crippen LogP contribution >= 0.6 is 0 Å². The highest BCUT2D eigenvalue weighted by atomic mass is 16.5. The minimum absolute atomic E-state index is 0.0622. The molecule has 2 nitrogen and oxygen atoms in total. The molecule has 0 spiro atoms. The highest BCUT2D eigenvalue weighted by Crippen LogP contribution is 2.52. The molecule has 4 aromatic rings. The van der Waals surface area contributed by atoms with Crippen LogP contribution in [0.5, 0.6) is 11.5 Å². The summed E-state index contributed by atoms with van der Waals surface area (Å²) < 4.78 is 9.07. The first-order valence-electron chi connectivity index (χ1n) is 10.9. The molecule has 0 unspecified atom stereocenters. The number of nitrogens with zero attached hydrogens (tertiary/aromatic N) is 1. The fourth-order valence-corrected chi connectivity index (χ4v) is 4.96. The summed E-state index contributed by atoms with van der Waals surface area (Å²) in [6.45, 7) is 13.6. The molecule has 2 heteroatoms. The van der Waals surface area contributed by atoms with Gasteiger partial charge in [-0.05, 0) is 57.7 Å². The first-order valence-corrected chi connectivity index (χ1v) is 10.9. The van der Waals surface area contributed by atoms with Crippen molar-refractivity contribution in [2.75, 3.05) is 0 Å². The van der Waals surface area contributed by atoms with Gasteiger partial charge < -0.3 is 4.74 Å². The third kappa shape index (κ3) is 2.59. The quantitative estimate of drug-likeness (QED) is 0.271. The summed E-state index contributed by atoms with van der Waals surface area (Å²) in [5.74, 6) is 2.37. The summed E-state index contributed by atoms with van der Waals surface area (Å²) in [6.07, 6.45) is 2.19. The maximum absolute atomic E-state index is 6.81. The number of pyridine rings is 1. The lowest BCUT2D eigenvalue weighted by molar-refractivity contribution is -0.659. The molecule has 1 aliphatic heterocycles. The number of aryl methyl sites for hydroxylation is 2. The number of ether oxygens (including phenoxy) is 1. The highest BCUT2D eigenvalue weighted by molar-refractivity contribution is 6.06. The Morgan fingerprint density at radius 3 is 2.33 bits per heavy atom. The average molecular weight is 397 g/mol. The second-order valence-corrected chi connectivity index (χ2v) is 10.0. The van der Waals surface area contributed by atoms with Crippen LogP contribution in [0.1, 0.15) is 57.2 Å². The van der Waals surface area contributed by atoms with Crippen molar-refractivity contribution in [2.24, 2.45) is 7.05 Å². The molecule has 0 radical (unpaired) electrons. The number of rotatable bonds is 1. The summed E-state index contributed by atoms with van der Waals surface area (Å²) in [4.78, 5) is 0. The van der Waals surface area contributed by atoms with Gasteiger partial charge in [-0.1, -0.05) is 58.9 Å². The Morgan fingerprint density at radius 1 is 0.967 bits per heavy atom. The van der Waals surface area contributed by atoms with Gasteiger partial charge >= 0.3 is 0 Å². The van der Waals surface area contributed by atoms with Gasteiger partial charge in [0.2, 0.25) is 5.69 Å². The first kappa shape index (κ1) is 19.1. The van der Waals surface area contributed by atoms with Gasteiger partial charge in [0.1, 0.15) is 18.5 Å². The summed E-state index contributed by atoms with van der Waals surface area (Å²) in [5.41, 5.74) is 6.45. The first-order chi connectivity index (χ1) is 14.2. The maximum Gasteiger partial charge on any atom is 0.228 e. The molecule has 0 aliphatic carbocycles. The van der Waals surface area contributed by atoms with Crippen molar-refractivity contribution in [3.63, 3.8) is 0 Å². The number of hydrogen-bond acceptors (Lipinski definition) is 1. The number of benzene rings is 3. The standard InChI is InChI=1S/C28H30NO/c1-16(2)23-21-11-9-8-10-20(21)17(3)24-26-25-18(12-13-29(26)7)14-19(28(4,5)6)15-22(25)30-27(23)24/h8-16H,1-7H3/q+1. The molecule has 1 aromatic heterocycles. The third-order valence-corrected chi connectivity index (χ3v) is 6.56. The fourth-order valence-electron chi connectivity index (χ4n) is 4.96. The van der Waals surface area contributed by atoms with Crippen LogP contribution < -0.4 is 9.30 Å². The van der Waals surface area contributed by atoms with Crippen LogP contribution in [0, 0.1) is 6.92 Å². The molecule has 0 atom stereocenters. The summed E-state index contributed by atoms with van der Waals surface area (Å²) in [5, 5.41) is 5.08.